The molecule has 4 nitrogen and oxygen atoms in total. The fourth-order valence-electron chi connectivity index (χ4n) is 2.75. The summed E-state index contributed by atoms with van der Waals surface area (Å²) in [6.07, 6.45) is 3.23. The fourth-order valence-corrected chi connectivity index (χ4v) is 2.75. The maximum Gasteiger partial charge on any atom is 0.261 e. The molecule has 0 spiro atoms. The van der Waals surface area contributed by atoms with Crippen LogP contribution in [0.3, 0.4) is 0 Å². The van der Waals surface area contributed by atoms with E-state index in [1.807, 2.05) is 12.1 Å². The van der Waals surface area contributed by atoms with Crippen LogP contribution in [-0.2, 0) is 11.2 Å². The molecule has 1 amide bonds. The summed E-state index contributed by atoms with van der Waals surface area (Å²) in [5.74, 6) is 0.711. The minimum atomic E-state index is -0.505. The van der Waals surface area contributed by atoms with Crippen molar-refractivity contribution < 1.29 is 9.53 Å². The van der Waals surface area contributed by atoms with Crippen LogP contribution in [0, 0.1) is 0 Å². The van der Waals surface area contributed by atoms with Crippen LogP contribution in [0.5, 0.6) is 5.75 Å². The van der Waals surface area contributed by atoms with Crippen LogP contribution in [0.15, 0.2) is 30.9 Å². The molecule has 0 aromatic heterocycles. The van der Waals surface area contributed by atoms with Crippen molar-refractivity contribution in [3.8, 4) is 5.75 Å². The second kappa shape index (κ2) is 7.27. The molecule has 2 unspecified atom stereocenters. The fraction of sp³-hybridized carbons (Fsp3) is 0.471. The van der Waals surface area contributed by atoms with Crippen LogP contribution in [0.4, 0.5) is 0 Å². The molecule has 0 saturated carbocycles. The van der Waals surface area contributed by atoms with E-state index in [2.05, 4.69) is 30.2 Å². The molecular formula is C17H24N2O2. The number of benzene rings is 1. The summed E-state index contributed by atoms with van der Waals surface area (Å²) in [7, 11) is 0. The van der Waals surface area contributed by atoms with Crippen molar-refractivity contribution in [2.75, 3.05) is 13.1 Å². The predicted octanol–water partition coefficient (Wildman–Crippen LogP) is 2.35. The summed E-state index contributed by atoms with van der Waals surface area (Å²) in [5, 5.41) is 6.24. The highest BCUT2D eigenvalue weighted by Crippen LogP contribution is 2.37. The highest BCUT2D eigenvalue weighted by molar-refractivity contribution is 5.80. The molecule has 2 rings (SSSR count). The predicted molar refractivity (Wildman–Crippen MR) is 84.5 cm³/mol. The van der Waals surface area contributed by atoms with E-state index in [0.717, 1.165) is 25.1 Å². The lowest BCUT2D eigenvalue weighted by atomic mass is 10.1. The van der Waals surface area contributed by atoms with Gasteiger partial charge in [-0.25, -0.2) is 0 Å². The first-order valence-corrected chi connectivity index (χ1v) is 7.57. The van der Waals surface area contributed by atoms with Crippen molar-refractivity contribution in [3.05, 3.63) is 42.0 Å². The summed E-state index contributed by atoms with van der Waals surface area (Å²) < 4.78 is 5.87. The largest absolute Gasteiger partial charge is 0.481 e. The molecule has 21 heavy (non-hydrogen) atoms. The number of fused-ring (bicyclic) bond motifs is 1. The third-order valence-electron chi connectivity index (χ3n) is 3.77. The number of hydrogen-bond donors (Lipinski definition) is 2. The molecule has 0 saturated heterocycles. The molecule has 0 radical (unpaired) electrons. The topological polar surface area (TPSA) is 50.4 Å². The summed E-state index contributed by atoms with van der Waals surface area (Å²) >= 11 is 0. The Labute approximate surface area is 126 Å². The molecule has 1 aliphatic rings. The van der Waals surface area contributed by atoms with Gasteiger partial charge in [-0.2, -0.15) is 0 Å². The van der Waals surface area contributed by atoms with E-state index in [4.69, 9.17) is 4.74 Å². The maximum absolute atomic E-state index is 11.9. The molecule has 114 valence electrons. The van der Waals surface area contributed by atoms with Gasteiger partial charge in [0.05, 0.1) is 0 Å². The zero-order chi connectivity index (χ0) is 15.2. The summed E-state index contributed by atoms with van der Waals surface area (Å²) in [5.41, 5.74) is 2.53. The normalized spacial score (nSPS) is 17.9. The van der Waals surface area contributed by atoms with Crippen LogP contribution >= 0.6 is 0 Å². The van der Waals surface area contributed by atoms with Crippen LogP contribution in [0.25, 0.3) is 0 Å². The minimum Gasteiger partial charge on any atom is -0.481 e. The number of nitrogens with one attached hydrogen (secondary N) is 2. The van der Waals surface area contributed by atoms with Gasteiger partial charge in [-0.15, -0.1) is 6.58 Å². The minimum absolute atomic E-state index is 0.117. The zero-order valence-corrected chi connectivity index (χ0v) is 12.8. The number of rotatable bonds is 7. The van der Waals surface area contributed by atoms with Crippen LogP contribution in [-0.4, -0.2) is 25.1 Å². The van der Waals surface area contributed by atoms with Gasteiger partial charge in [0.2, 0.25) is 0 Å². The molecular weight excluding hydrogens is 264 g/mol. The van der Waals surface area contributed by atoms with E-state index in [1.165, 1.54) is 11.1 Å². The lowest BCUT2D eigenvalue weighted by molar-refractivity contribution is -0.127. The van der Waals surface area contributed by atoms with Gasteiger partial charge in [-0.3, -0.25) is 4.79 Å². The maximum atomic E-state index is 11.9. The Bertz CT molecular complexity index is 514. The Morgan fingerprint density at radius 1 is 1.57 bits per heavy atom. The summed E-state index contributed by atoms with van der Waals surface area (Å²) in [6.45, 7) is 8.89. The van der Waals surface area contributed by atoms with Crippen LogP contribution in [0.2, 0.25) is 0 Å². The smallest absolute Gasteiger partial charge is 0.261 e. The molecule has 2 atom stereocenters. The number of amides is 1. The van der Waals surface area contributed by atoms with Crippen molar-refractivity contribution in [2.45, 2.75) is 38.8 Å². The highest BCUT2D eigenvalue weighted by atomic mass is 16.5. The first-order valence-electron chi connectivity index (χ1n) is 7.57. The van der Waals surface area contributed by atoms with Gasteiger partial charge in [-0.1, -0.05) is 25.1 Å². The van der Waals surface area contributed by atoms with Gasteiger partial charge in [0.1, 0.15) is 5.75 Å². The Morgan fingerprint density at radius 3 is 3.10 bits per heavy atom. The van der Waals surface area contributed by atoms with E-state index in [-0.39, 0.29) is 5.91 Å². The quantitative estimate of drug-likeness (QED) is 0.757. The van der Waals surface area contributed by atoms with Gasteiger partial charge in [0, 0.05) is 12.6 Å². The SMILES string of the molecule is C=CCNC(=O)C(C)Oc1cccc2c1CCC2NCC. The molecule has 4 heteroatoms. The third kappa shape index (κ3) is 3.64. The van der Waals surface area contributed by atoms with E-state index in [1.54, 1.807) is 13.0 Å². The van der Waals surface area contributed by atoms with Gasteiger partial charge < -0.3 is 15.4 Å². The standard InChI is InChI=1S/C17H24N2O2/c1-4-11-19-17(20)12(3)21-16-8-6-7-13-14(16)9-10-15(13)18-5-2/h4,6-8,12,15,18H,1,5,9-11H2,2-3H3,(H,19,20). The second-order valence-electron chi connectivity index (χ2n) is 5.27. The van der Waals surface area contributed by atoms with E-state index in [9.17, 15) is 4.79 Å². The van der Waals surface area contributed by atoms with Crippen LogP contribution in [0.1, 0.15) is 37.4 Å². The monoisotopic (exact) mass is 288 g/mol. The van der Waals surface area contributed by atoms with Gasteiger partial charge in [-0.05, 0) is 43.5 Å². The Morgan fingerprint density at radius 2 is 2.38 bits per heavy atom. The van der Waals surface area contributed by atoms with Crippen molar-refractivity contribution in [1.29, 1.82) is 0 Å². The first kappa shape index (κ1) is 15.6. The van der Waals surface area contributed by atoms with Gasteiger partial charge >= 0.3 is 0 Å². The van der Waals surface area contributed by atoms with Crippen molar-refractivity contribution in [3.63, 3.8) is 0 Å². The van der Waals surface area contributed by atoms with E-state index >= 15 is 0 Å². The summed E-state index contributed by atoms with van der Waals surface area (Å²) in [6, 6.07) is 6.49. The molecule has 0 heterocycles. The lowest BCUT2D eigenvalue weighted by Gasteiger charge is -2.17. The molecule has 0 aliphatic heterocycles. The number of hydrogen-bond acceptors (Lipinski definition) is 3. The molecule has 1 aromatic rings. The average Bonchev–Trinajstić information content (AvgIpc) is 2.89. The number of carbonyl (C=O) groups is 1. The molecule has 0 bridgehead atoms. The van der Waals surface area contributed by atoms with Crippen LogP contribution < -0.4 is 15.4 Å². The highest BCUT2D eigenvalue weighted by Gasteiger charge is 2.25. The molecule has 1 aromatic carbocycles. The lowest BCUT2D eigenvalue weighted by Crippen LogP contribution is -2.36. The molecule has 2 N–H and O–H groups in total. The van der Waals surface area contributed by atoms with Crippen molar-refractivity contribution in [2.24, 2.45) is 0 Å². The van der Waals surface area contributed by atoms with E-state index in [0.29, 0.717) is 12.6 Å². The molecule has 1 aliphatic carbocycles. The Kier molecular flexibility index (Phi) is 5.39. The third-order valence-corrected chi connectivity index (χ3v) is 3.77. The number of carbonyl (C=O) groups excluding carboxylic acids is 1. The summed E-state index contributed by atoms with van der Waals surface area (Å²) in [4.78, 5) is 11.9. The van der Waals surface area contributed by atoms with Crippen molar-refractivity contribution in [1.82, 2.24) is 10.6 Å². The zero-order valence-electron chi connectivity index (χ0n) is 12.8. The number of ether oxygens (including phenoxy) is 1. The van der Waals surface area contributed by atoms with Gasteiger partial charge in [0.25, 0.3) is 5.91 Å². The van der Waals surface area contributed by atoms with E-state index < -0.39 is 6.10 Å². The van der Waals surface area contributed by atoms with Crippen molar-refractivity contribution >= 4 is 5.91 Å². The second-order valence-corrected chi connectivity index (χ2v) is 5.27. The Hall–Kier alpha value is -1.81. The first-order chi connectivity index (χ1) is 10.2. The average molecular weight is 288 g/mol. The Balaban J connectivity index is 2.08. The van der Waals surface area contributed by atoms with Gasteiger partial charge in [0.15, 0.2) is 6.10 Å². The molecule has 0 fully saturated rings.